The van der Waals surface area contributed by atoms with Crippen LogP contribution in [0, 0.1) is 17.8 Å². The highest BCUT2D eigenvalue weighted by Crippen LogP contribution is 2.22. The van der Waals surface area contributed by atoms with Crippen molar-refractivity contribution in [2.75, 3.05) is 25.0 Å². The third-order valence-corrected chi connectivity index (χ3v) is 4.41. The lowest BCUT2D eigenvalue weighted by molar-refractivity contribution is 0.246. The molecule has 84 valence electrons. The molecule has 1 fully saturated rings. The Bertz CT molecular complexity index is 158. The highest BCUT2D eigenvalue weighted by Gasteiger charge is 2.24. The van der Waals surface area contributed by atoms with Gasteiger partial charge in [-0.05, 0) is 30.7 Å². The minimum Gasteiger partial charge on any atom is -0.303 e. The summed E-state index contributed by atoms with van der Waals surface area (Å²) in [7, 11) is 0. The average Bonchev–Trinajstić information content (AvgIpc) is 2.61. The van der Waals surface area contributed by atoms with Gasteiger partial charge in [0.05, 0.1) is 0 Å². The maximum atomic E-state index is 3.63. The molecular formula is C12H24BrN. The van der Waals surface area contributed by atoms with Crippen molar-refractivity contribution >= 4 is 15.9 Å². The third-order valence-electron chi connectivity index (χ3n) is 3.58. The largest absolute Gasteiger partial charge is 0.303 e. The number of rotatable bonds is 5. The van der Waals surface area contributed by atoms with Crippen LogP contribution in [0.2, 0.25) is 0 Å². The summed E-state index contributed by atoms with van der Waals surface area (Å²) in [5, 5.41) is 1.15. The van der Waals surface area contributed by atoms with Gasteiger partial charge in [0.15, 0.2) is 0 Å². The number of alkyl halides is 1. The fourth-order valence-corrected chi connectivity index (χ4v) is 3.13. The molecule has 0 aromatic heterocycles. The molecular weight excluding hydrogens is 238 g/mol. The third kappa shape index (κ3) is 3.54. The molecule has 14 heavy (non-hydrogen) atoms. The van der Waals surface area contributed by atoms with Gasteiger partial charge in [0.25, 0.3) is 0 Å². The predicted octanol–water partition coefficient (Wildman–Crippen LogP) is 3.39. The summed E-state index contributed by atoms with van der Waals surface area (Å²) in [5.41, 5.74) is 0. The first-order chi connectivity index (χ1) is 6.67. The maximum Gasteiger partial charge on any atom is 0.00743 e. The first-order valence-corrected chi connectivity index (χ1v) is 7.07. The molecule has 0 N–H and O–H groups in total. The standard InChI is InChI=1S/C12H24BrN/c1-4-11-5-6-14(8-11)9-12(7-13)10(2)3/h10-12H,4-9H2,1-3H3. The quantitative estimate of drug-likeness (QED) is 0.686. The molecule has 0 aromatic carbocycles. The minimum atomic E-state index is 0.801. The normalized spacial score (nSPS) is 25.9. The van der Waals surface area contributed by atoms with Gasteiger partial charge in [0.2, 0.25) is 0 Å². The molecule has 0 saturated carbocycles. The predicted molar refractivity (Wildman–Crippen MR) is 67.0 cm³/mol. The van der Waals surface area contributed by atoms with Gasteiger partial charge in [-0.15, -0.1) is 0 Å². The van der Waals surface area contributed by atoms with Crippen LogP contribution in [0.5, 0.6) is 0 Å². The summed E-state index contributed by atoms with van der Waals surface area (Å²) < 4.78 is 0. The zero-order chi connectivity index (χ0) is 10.6. The van der Waals surface area contributed by atoms with E-state index in [9.17, 15) is 0 Å². The topological polar surface area (TPSA) is 3.24 Å². The van der Waals surface area contributed by atoms with E-state index in [1.54, 1.807) is 0 Å². The Hall–Kier alpha value is 0.440. The molecule has 0 radical (unpaired) electrons. The molecule has 1 heterocycles. The summed E-state index contributed by atoms with van der Waals surface area (Å²) in [4.78, 5) is 2.65. The Morgan fingerprint density at radius 2 is 2.14 bits per heavy atom. The van der Waals surface area contributed by atoms with Crippen molar-refractivity contribution in [3.8, 4) is 0 Å². The average molecular weight is 262 g/mol. The van der Waals surface area contributed by atoms with Crippen LogP contribution < -0.4 is 0 Å². The molecule has 0 bridgehead atoms. The van der Waals surface area contributed by atoms with E-state index in [0.717, 1.165) is 23.1 Å². The number of nitrogens with zero attached hydrogens (tertiary/aromatic N) is 1. The van der Waals surface area contributed by atoms with Gasteiger partial charge in [-0.25, -0.2) is 0 Å². The van der Waals surface area contributed by atoms with Crippen LogP contribution in [-0.2, 0) is 0 Å². The monoisotopic (exact) mass is 261 g/mol. The first-order valence-electron chi connectivity index (χ1n) is 5.95. The van der Waals surface area contributed by atoms with Gasteiger partial charge in [-0.2, -0.15) is 0 Å². The number of hydrogen-bond acceptors (Lipinski definition) is 1. The van der Waals surface area contributed by atoms with Gasteiger partial charge >= 0.3 is 0 Å². The highest BCUT2D eigenvalue weighted by atomic mass is 79.9. The minimum absolute atomic E-state index is 0.801. The van der Waals surface area contributed by atoms with Crippen LogP contribution in [0.1, 0.15) is 33.6 Å². The SMILES string of the molecule is CCC1CCN(CC(CBr)C(C)C)C1. The fraction of sp³-hybridized carbons (Fsp3) is 1.00. The van der Waals surface area contributed by atoms with Gasteiger partial charge < -0.3 is 4.90 Å². The van der Waals surface area contributed by atoms with E-state index in [4.69, 9.17) is 0 Å². The molecule has 1 saturated heterocycles. The van der Waals surface area contributed by atoms with Crippen molar-refractivity contribution in [1.82, 2.24) is 4.90 Å². The van der Waals surface area contributed by atoms with Crippen molar-refractivity contribution in [2.24, 2.45) is 17.8 Å². The van der Waals surface area contributed by atoms with Crippen LogP contribution in [-0.4, -0.2) is 29.9 Å². The number of halogens is 1. The molecule has 1 aliphatic heterocycles. The molecule has 2 unspecified atom stereocenters. The number of likely N-dealkylation sites (tertiary alicyclic amines) is 1. The van der Waals surface area contributed by atoms with Crippen molar-refractivity contribution in [3.63, 3.8) is 0 Å². The molecule has 2 heteroatoms. The molecule has 1 nitrogen and oxygen atoms in total. The van der Waals surface area contributed by atoms with Gasteiger partial charge in [0, 0.05) is 18.4 Å². The zero-order valence-corrected chi connectivity index (χ0v) is 11.4. The van der Waals surface area contributed by atoms with E-state index in [0.29, 0.717) is 0 Å². The Morgan fingerprint density at radius 3 is 2.57 bits per heavy atom. The van der Waals surface area contributed by atoms with E-state index in [1.165, 1.54) is 32.5 Å². The van der Waals surface area contributed by atoms with E-state index in [1.807, 2.05) is 0 Å². The molecule has 1 aliphatic rings. The lowest BCUT2D eigenvalue weighted by atomic mass is 9.97. The van der Waals surface area contributed by atoms with Crippen molar-refractivity contribution < 1.29 is 0 Å². The lowest BCUT2D eigenvalue weighted by Gasteiger charge is -2.25. The smallest absolute Gasteiger partial charge is 0.00743 e. The van der Waals surface area contributed by atoms with Crippen LogP contribution in [0.15, 0.2) is 0 Å². The van der Waals surface area contributed by atoms with Crippen molar-refractivity contribution in [1.29, 1.82) is 0 Å². The molecule has 1 rings (SSSR count). The maximum absolute atomic E-state index is 3.63. The van der Waals surface area contributed by atoms with Crippen LogP contribution in [0.25, 0.3) is 0 Å². The Morgan fingerprint density at radius 1 is 1.43 bits per heavy atom. The van der Waals surface area contributed by atoms with Crippen LogP contribution >= 0.6 is 15.9 Å². The highest BCUT2D eigenvalue weighted by molar-refractivity contribution is 9.09. The summed E-state index contributed by atoms with van der Waals surface area (Å²) in [6.45, 7) is 10.9. The molecule has 0 aromatic rings. The van der Waals surface area contributed by atoms with Crippen molar-refractivity contribution in [3.05, 3.63) is 0 Å². The zero-order valence-electron chi connectivity index (χ0n) is 9.80. The molecule has 0 amide bonds. The fourth-order valence-electron chi connectivity index (χ4n) is 2.18. The van der Waals surface area contributed by atoms with E-state index >= 15 is 0 Å². The second-order valence-electron chi connectivity index (χ2n) is 4.98. The van der Waals surface area contributed by atoms with Gasteiger partial charge in [-0.3, -0.25) is 0 Å². The number of hydrogen-bond donors (Lipinski definition) is 0. The van der Waals surface area contributed by atoms with Gasteiger partial charge in [-0.1, -0.05) is 43.1 Å². The molecule has 0 spiro atoms. The summed E-state index contributed by atoms with van der Waals surface area (Å²) >= 11 is 3.63. The molecule has 2 atom stereocenters. The van der Waals surface area contributed by atoms with Crippen LogP contribution in [0.3, 0.4) is 0 Å². The van der Waals surface area contributed by atoms with Crippen molar-refractivity contribution in [2.45, 2.75) is 33.6 Å². The van der Waals surface area contributed by atoms with E-state index in [2.05, 4.69) is 41.6 Å². The summed E-state index contributed by atoms with van der Waals surface area (Å²) in [5.74, 6) is 2.60. The van der Waals surface area contributed by atoms with Gasteiger partial charge in [0.1, 0.15) is 0 Å². The Kier molecular flexibility index (Phi) is 5.47. The summed E-state index contributed by atoms with van der Waals surface area (Å²) in [6.07, 6.45) is 2.78. The molecule has 0 aliphatic carbocycles. The van der Waals surface area contributed by atoms with Crippen LogP contribution in [0.4, 0.5) is 0 Å². The van der Waals surface area contributed by atoms with E-state index < -0.39 is 0 Å². The van der Waals surface area contributed by atoms with E-state index in [-0.39, 0.29) is 0 Å². The lowest BCUT2D eigenvalue weighted by Crippen LogP contribution is -2.30. The Balaban J connectivity index is 2.30. The Labute approximate surface area is 97.4 Å². The second-order valence-corrected chi connectivity index (χ2v) is 5.63. The summed E-state index contributed by atoms with van der Waals surface area (Å²) in [6, 6.07) is 0. The first kappa shape index (κ1) is 12.5. The second kappa shape index (κ2) is 6.12.